The van der Waals surface area contributed by atoms with Gasteiger partial charge in [0.1, 0.15) is 5.78 Å². The lowest BCUT2D eigenvalue weighted by atomic mass is 9.79. The number of nitrogens with zero attached hydrogens (tertiary/aromatic N) is 4. The maximum absolute atomic E-state index is 14.7. The Kier molecular flexibility index (Phi) is 11.2. The molecule has 4 saturated heterocycles. The second kappa shape index (κ2) is 16.4. The fourth-order valence-electron chi connectivity index (χ4n) is 13.6. The number of benzene rings is 4. The number of rotatable bonds is 8. The van der Waals surface area contributed by atoms with E-state index in [0.29, 0.717) is 17.6 Å². The molecule has 4 fully saturated rings. The van der Waals surface area contributed by atoms with E-state index in [4.69, 9.17) is 0 Å². The summed E-state index contributed by atoms with van der Waals surface area (Å²) in [6.07, 6.45) is 6.91. The SMILES string of the molecule is CC(C)c1ccccc1-c1ccc2c(c1)C(O)CC21CCN(C2CC(C(=O)C3CCN(C)C(N4CCC5(CC(O)c6cc(-c7ccccc7C(C)C)ccc65)C4)C3)CCN2C)C1. The second-order valence-electron chi connectivity index (χ2n) is 21.3. The van der Waals surface area contributed by atoms with Gasteiger partial charge in [0.05, 0.1) is 24.5 Å². The van der Waals surface area contributed by atoms with Gasteiger partial charge in [0.25, 0.3) is 0 Å². The van der Waals surface area contributed by atoms with Crippen molar-refractivity contribution >= 4 is 5.78 Å². The van der Waals surface area contributed by atoms with Crippen molar-refractivity contribution in [3.8, 4) is 22.3 Å². The van der Waals surface area contributed by atoms with Gasteiger partial charge in [-0.1, -0.05) is 100 Å². The summed E-state index contributed by atoms with van der Waals surface area (Å²) in [5.41, 5.74) is 12.4. The zero-order chi connectivity index (χ0) is 43.1. The molecule has 2 spiro atoms. The van der Waals surface area contributed by atoms with E-state index in [0.717, 1.165) is 102 Å². The third-order valence-corrected chi connectivity index (χ3v) is 17.0. The van der Waals surface area contributed by atoms with Crippen LogP contribution >= 0.6 is 0 Å². The van der Waals surface area contributed by atoms with Crippen molar-refractivity contribution in [1.29, 1.82) is 0 Å². The van der Waals surface area contributed by atoms with Crippen LogP contribution < -0.4 is 0 Å². The molecule has 4 aliphatic heterocycles. The molecule has 4 aromatic carbocycles. The van der Waals surface area contributed by atoms with Gasteiger partial charge in [-0.05, 0) is 145 Å². The van der Waals surface area contributed by atoms with Crippen LogP contribution in [-0.4, -0.2) is 101 Å². The van der Waals surface area contributed by atoms with Crippen LogP contribution in [0, 0.1) is 11.8 Å². The summed E-state index contributed by atoms with van der Waals surface area (Å²) in [5.74, 6) is 1.53. The Labute approximate surface area is 371 Å². The molecule has 0 amide bonds. The summed E-state index contributed by atoms with van der Waals surface area (Å²) in [6, 6.07) is 31.2. The smallest absolute Gasteiger partial charge is 0.139 e. The van der Waals surface area contributed by atoms with Crippen LogP contribution in [-0.2, 0) is 15.6 Å². The Hall–Kier alpha value is -3.69. The third-order valence-electron chi connectivity index (χ3n) is 17.0. The van der Waals surface area contributed by atoms with Crippen LogP contribution in [0.15, 0.2) is 84.9 Å². The number of hydrogen-bond donors (Lipinski definition) is 2. The standard InChI is InChI=1S/C55H70N4O3/c1-35(2)41-11-7-9-13-43(41)37-15-17-47-45(27-37)49(60)31-54(47)21-25-58(33-54)51-29-39(19-23-56(51)5)53(62)40-20-24-57(6)52(30-40)59-26-22-55(34-59)32-50(61)46-28-38(16-18-48(46)55)44-14-10-8-12-42(44)36(3)4/h7-18,27-28,35-36,39-40,49-52,60-61H,19-26,29-34H2,1-6H3. The van der Waals surface area contributed by atoms with E-state index >= 15 is 0 Å². The number of Topliss-reactive ketones (excluding diaryl/α,β-unsaturated/α-hetero) is 1. The number of ketones is 1. The van der Waals surface area contributed by atoms with Crippen LogP contribution in [0.3, 0.4) is 0 Å². The van der Waals surface area contributed by atoms with Crippen molar-refractivity contribution in [3.05, 3.63) is 118 Å². The highest BCUT2D eigenvalue weighted by Gasteiger charge is 2.52. The van der Waals surface area contributed by atoms with Crippen molar-refractivity contribution in [3.63, 3.8) is 0 Å². The Bertz CT molecular complexity index is 2160. The van der Waals surface area contributed by atoms with E-state index in [1.165, 1.54) is 44.5 Å². The first-order chi connectivity index (χ1) is 29.8. The molecule has 0 bridgehead atoms. The normalized spacial score (nSPS) is 31.8. The minimum Gasteiger partial charge on any atom is -0.388 e. The largest absolute Gasteiger partial charge is 0.388 e. The highest BCUT2D eigenvalue weighted by Crippen LogP contribution is 2.54. The molecule has 328 valence electrons. The van der Waals surface area contributed by atoms with Crippen LogP contribution in [0.2, 0.25) is 0 Å². The molecule has 10 rings (SSSR count). The molecule has 8 unspecified atom stereocenters. The van der Waals surface area contributed by atoms with Gasteiger partial charge < -0.3 is 10.2 Å². The maximum Gasteiger partial charge on any atom is 0.139 e. The van der Waals surface area contributed by atoms with Gasteiger partial charge in [0, 0.05) is 61.9 Å². The van der Waals surface area contributed by atoms with E-state index in [1.54, 1.807) is 0 Å². The molecule has 2 aliphatic carbocycles. The Morgan fingerprint density at radius 3 is 1.44 bits per heavy atom. The zero-order valence-corrected chi connectivity index (χ0v) is 38.2. The van der Waals surface area contributed by atoms with Gasteiger partial charge >= 0.3 is 0 Å². The van der Waals surface area contributed by atoms with Gasteiger partial charge in [0.2, 0.25) is 0 Å². The molecule has 0 saturated carbocycles. The highest BCUT2D eigenvalue weighted by atomic mass is 16.3. The number of likely N-dealkylation sites (tertiary alicyclic amines) is 4. The average Bonchev–Trinajstić information content (AvgIpc) is 4.04. The lowest BCUT2D eigenvalue weighted by Gasteiger charge is -2.45. The van der Waals surface area contributed by atoms with Gasteiger partial charge in [-0.2, -0.15) is 0 Å². The molecule has 4 heterocycles. The predicted octanol–water partition coefficient (Wildman–Crippen LogP) is 9.63. The fraction of sp³-hybridized carbons (Fsp3) is 0.545. The van der Waals surface area contributed by atoms with E-state index in [-0.39, 0.29) is 35.0 Å². The molecule has 4 aromatic rings. The number of carbonyl (C=O) groups is 1. The number of aliphatic hydroxyl groups excluding tert-OH is 2. The summed E-state index contributed by atoms with van der Waals surface area (Å²) in [7, 11) is 4.51. The van der Waals surface area contributed by atoms with Crippen LogP contribution in [0.25, 0.3) is 22.3 Å². The van der Waals surface area contributed by atoms with Crippen LogP contribution in [0.4, 0.5) is 0 Å². The Morgan fingerprint density at radius 2 is 1.02 bits per heavy atom. The maximum atomic E-state index is 14.7. The molecule has 2 N–H and O–H groups in total. The van der Waals surface area contributed by atoms with E-state index in [2.05, 4.69) is 146 Å². The van der Waals surface area contributed by atoms with Gasteiger partial charge in [-0.25, -0.2) is 0 Å². The van der Waals surface area contributed by atoms with E-state index in [9.17, 15) is 15.0 Å². The number of piperidine rings is 2. The monoisotopic (exact) mass is 835 g/mol. The average molecular weight is 835 g/mol. The van der Waals surface area contributed by atoms with Crippen molar-refractivity contribution in [2.45, 2.75) is 126 Å². The summed E-state index contributed by atoms with van der Waals surface area (Å²) in [4.78, 5) is 25.0. The molecule has 7 heteroatoms. The second-order valence-corrected chi connectivity index (χ2v) is 21.3. The third kappa shape index (κ3) is 7.23. The first kappa shape index (κ1) is 42.3. The van der Waals surface area contributed by atoms with E-state index in [1.807, 2.05) is 0 Å². The zero-order valence-electron chi connectivity index (χ0n) is 38.2. The molecular weight excluding hydrogens is 765 g/mol. The lowest BCUT2D eigenvalue weighted by molar-refractivity contribution is -0.133. The van der Waals surface area contributed by atoms with Gasteiger partial charge in [0.15, 0.2) is 0 Å². The van der Waals surface area contributed by atoms with Crippen molar-refractivity contribution in [2.75, 3.05) is 53.4 Å². The number of fused-ring (bicyclic) bond motifs is 4. The van der Waals surface area contributed by atoms with Crippen molar-refractivity contribution in [2.24, 2.45) is 11.8 Å². The molecule has 8 atom stereocenters. The van der Waals surface area contributed by atoms with Crippen molar-refractivity contribution < 1.29 is 15.0 Å². The summed E-state index contributed by atoms with van der Waals surface area (Å²) in [5, 5.41) is 23.2. The first-order valence-electron chi connectivity index (χ1n) is 24.1. The highest BCUT2D eigenvalue weighted by molar-refractivity contribution is 5.84. The molecule has 0 aromatic heterocycles. The Balaban J connectivity index is 0.808. The summed E-state index contributed by atoms with van der Waals surface area (Å²) >= 11 is 0. The molecule has 6 aliphatic rings. The number of carbonyl (C=O) groups excluding carboxylic acids is 1. The topological polar surface area (TPSA) is 70.5 Å². The minimum atomic E-state index is -0.448. The van der Waals surface area contributed by atoms with Gasteiger partial charge in [-0.15, -0.1) is 0 Å². The quantitative estimate of drug-likeness (QED) is 0.183. The first-order valence-corrected chi connectivity index (χ1v) is 24.1. The number of hydrogen-bond acceptors (Lipinski definition) is 7. The number of aliphatic hydroxyl groups is 2. The lowest BCUT2D eigenvalue weighted by Crippen LogP contribution is -2.54. The van der Waals surface area contributed by atoms with Crippen LogP contribution in [0.1, 0.15) is 136 Å². The minimum absolute atomic E-state index is 0.0474. The fourth-order valence-corrected chi connectivity index (χ4v) is 13.6. The molecule has 62 heavy (non-hydrogen) atoms. The predicted molar refractivity (Wildman–Crippen MR) is 250 cm³/mol. The molecular formula is C55H70N4O3. The van der Waals surface area contributed by atoms with Crippen LogP contribution in [0.5, 0.6) is 0 Å². The summed E-state index contributed by atoms with van der Waals surface area (Å²) in [6.45, 7) is 14.8. The Morgan fingerprint density at radius 1 is 0.597 bits per heavy atom. The van der Waals surface area contributed by atoms with Gasteiger partial charge in [-0.3, -0.25) is 24.4 Å². The molecule has 0 radical (unpaired) electrons. The summed E-state index contributed by atoms with van der Waals surface area (Å²) < 4.78 is 0. The van der Waals surface area contributed by atoms with E-state index < -0.39 is 12.2 Å². The molecule has 7 nitrogen and oxygen atoms in total. The van der Waals surface area contributed by atoms with Crippen molar-refractivity contribution in [1.82, 2.24) is 19.6 Å².